The first-order valence-electron chi connectivity index (χ1n) is 5.63. The van der Waals surface area contributed by atoms with Crippen LogP contribution in [-0.4, -0.2) is 36.5 Å². The molecule has 6 heteroatoms. The van der Waals surface area contributed by atoms with Crippen molar-refractivity contribution in [3.05, 3.63) is 19.2 Å². The fourth-order valence-electron chi connectivity index (χ4n) is 2.69. The first-order chi connectivity index (χ1) is 8.16. The molecule has 2 atom stereocenters. The first-order valence-corrected chi connectivity index (χ1v) is 8.03. The summed E-state index contributed by atoms with van der Waals surface area (Å²) in [4.78, 5) is 15.3. The molecule has 2 saturated heterocycles. The number of likely N-dealkylation sites (tertiary alicyclic amines) is 1. The Morgan fingerprint density at radius 1 is 1.47 bits per heavy atom. The van der Waals surface area contributed by atoms with Crippen molar-refractivity contribution >= 4 is 49.1 Å². The fourth-order valence-corrected chi connectivity index (χ4v) is 4.69. The molecule has 2 aliphatic rings. The SMILES string of the molecule is O=C(c1cc(Br)c(Br)s1)N1CC[C@H]2CNC[C@H]21. The van der Waals surface area contributed by atoms with E-state index < -0.39 is 0 Å². The average Bonchev–Trinajstić information content (AvgIpc) is 2.94. The summed E-state index contributed by atoms with van der Waals surface area (Å²) in [5.74, 6) is 0.836. The number of fused-ring (bicyclic) bond motifs is 1. The van der Waals surface area contributed by atoms with E-state index in [0.29, 0.717) is 12.0 Å². The zero-order valence-corrected chi connectivity index (χ0v) is 13.1. The Balaban J connectivity index is 1.82. The molecule has 0 aromatic carbocycles. The lowest BCUT2D eigenvalue weighted by Gasteiger charge is -2.22. The molecule has 0 radical (unpaired) electrons. The van der Waals surface area contributed by atoms with E-state index in [1.165, 1.54) is 11.3 Å². The van der Waals surface area contributed by atoms with Gasteiger partial charge in [-0.1, -0.05) is 0 Å². The Hall–Kier alpha value is 0.0900. The quantitative estimate of drug-likeness (QED) is 0.813. The van der Waals surface area contributed by atoms with Gasteiger partial charge in [-0.2, -0.15) is 0 Å². The molecule has 1 aromatic rings. The minimum atomic E-state index is 0.178. The van der Waals surface area contributed by atoms with E-state index in [0.717, 1.165) is 39.2 Å². The maximum absolute atomic E-state index is 12.4. The van der Waals surface area contributed by atoms with Gasteiger partial charge >= 0.3 is 0 Å². The zero-order chi connectivity index (χ0) is 12.0. The Morgan fingerprint density at radius 2 is 2.29 bits per heavy atom. The van der Waals surface area contributed by atoms with Crippen LogP contribution < -0.4 is 5.32 Å². The molecule has 17 heavy (non-hydrogen) atoms. The zero-order valence-electron chi connectivity index (χ0n) is 9.08. The van der Waals surface area contributed by atoms with Crippen LogP contribution in [0.25, 0.3) is 0 Å². The van der Waals surface area contributed by atoms with Crippen LogP contribution in [0.2, 0.25) is 0 Å². The van der Waals surface area contributed by atoms with Crippen LogP contribution in [-0.2, 0) is 0 Å². The number of rotatable bonds is 1. The van der Waals surface area contributed by atoms with Crippen LogP contribution in [0, 0.1) is 5.92 Å². The molecule has 2 aliphatic heterocycles. The molecule has 0 saturated carbocycles. The van der Waals surface area contributed by atoms with Crippen LogP contribution in [0.1, 0.15) is 16.1 Å². The number of halogens is 2. The molecule has 3 rings (SSSR count). The minimum Gasteiger partial charge on any atom is -0.333 e. The van der Waals surface area contributed by atoms with Gasteiger partial charge in [0.2, 0.25) is 0 Å². The van der Waals surface area contributed by atoms with Crippen molar-refractivity contribution in [1.29, 1.82) is 0 Å². The van der Waals surface area contributed by atoms with Gasteiger partial charge in [0.25, 0.3) is 5.91 Å². The summed E-state index contributed by atoms with van der Waals surface area (Å²) in [6, 6.07) is 2.31. The monoisotopic (exact) mass is 378 g/mol. The molecule has 92 valence electrons. The van der Waals surface area contributed by atoms with Gasteiger partial charge in [0.1, 0.15) is 0 Å². The highest BCUT2D eigenvalue weighted by Crippen LogP contribution is 2.35. The van der Waals surface area contributed by atoms with Crippen LogP contribution in [0.5, 0.6) is 0 Å². The Bertz CT molecular complexity index is 443. The van der Waals surface area contributed by atoms with Crippen molar-refractivity contribution in [3.63, 3.8) is 0 Å². The second-order valence-corrected chi connectivity index (χ2v) is 7.73. The number of thiophene rings is 1. The molecule has 0 spiro atoms. The predicted octanol–water partition coefficient (Wildman–Crippen LogP) is 2.71. The summed E-state index contributed by atoms with van der Waals surface area (Å²) in [6.07, 6.45) is 1.14. The molecule has 0 bridgehead atoms. The highest BCUT2D eigenvalue weighted by atomic mass is 79.9. The van der Waals surface area contributed by atoms with E-state index in [2.05, 4.69) is 37.2 Å². The number of carbonyl (C=O) groups excluding carboxylic acids is 1. The largest absolute Gasteiger partial charge is 0.333 e. The van der Waals surface area contributed by atoms with E-state index in [4.69, 9.17) is 0 Å². The molecule has 2 fully saturated rings. The molecular weight excluding hydrogens is 368 g/mol. The standard InChI is InChI=1S/C11H12Br2N2OS/c12-7-3-9(17-10(7)13)11(16)15-2-1-6-4-14-5-8(6)15/h3,6,8,14H,1-2,4-5H2/t6-,8+/m0/s1. The van der Waals surface area contributed by atoms with Gasteiger partial charge < -0.3 is 10.2 Å². The number of hydrogen-bond acceptors (Lipinski definition) is 3. The summed E-state index contributed by atoms with van der Waals surface area (Å²) in [7, 11) is 0. The van der Waals surface area contributed by atoms with Gasteiger partial charge in [-0.15, -0.1) is 11.3 Å². The lowest BCUT2D eigenvalue weighted by Crippen LogP contribution is -2.38. The minimum absolute atomic E-state index is 0.178. The summed E-state index contributed by atoms with van der Waals surface area (Å²) >= 11 is 8.37. The van der Waals surface area contributed by atoms with Crippen molar-refractivity contribution in [3.8, 4) is 0 Å². The third kappa shape index (κ3) is 2.09. The molecule has 3 heterocycles. The van der Waals surface area contributed by atoms with Gasteiger partial charge in [-0.3, -0.25) is 4.79 Å². The van der Waals surface area contributed by atoms with Crippen molar-refractivity contribution in [2.75, 3.05) is 19.6 Å². The van der Waals surface area contributed by atoms with Crippen LogP contribution in [0.4, 0.5) is 0 Å². The summed E-state index contributed by atoms with van der Waals surface area (Å²) in [6.45, 7) is 2.92. The topological polar surface area (TPSA) is 32.3 Å². The van der Waals surface area contributed by atoms with Crippen molar-refractivity contribution in [2.45, 2.75) is 12.5 Å². The van der Waals surface area contributed by atoms with Gasteiger partial charge in [0.15, 0.2) is 0 Å². The number of amides is 1. The van der Waals surface area contributed by atoms with E-state index in [-0.39, 0.29) is 5.91 Å². The van der Waals surface area contributed by atoms with Gasteiger partial charge in [-0.25, -0.2) is 0 Å². The van der Waals surface area contributed by atoms with E-state index in [1.54, 1.807) is 0 Å². The fraction of sp³-hybridized carbons (Fsp3) is 0.545. The van der Waals surface area contributed by atoms with E-state index in [9.17, 15) is 4.79 Å². The second kappa shape index (κ2) is 4.64. The van der Waals surface area contributed by atoms with Gasteiger partial charge in [-0.05, 0) is 50.3 Å². The van der Waals surface area contributed by atoms with E-state index in [1.807, 2.05) is 11.0 Å². The van der Waals surface area contributed by atoms with Crippen molar-refractivity contribution < 1.29 is 4.79 Å². The van der Waals surface area contributed by atoms with Crippen molar-refractivity contribution in [2.24, 2.45) is 5.92 Å². The van der Waals surface area contributed by atoms with Crippen LogP contribution in [0.3, 0.4) is 0 Å². The first kappa shape index (κ1) is 12.1. The number of nitrogens with one attached hydrogen (secondary N) is 1. The predicted molar refractivity (Wildman–Crippen MR) is 75.5 cm³/mol. The van der Waals surface area contributed by atoms with Crippen LogP contribution >= 0.6 is 43.2 Å². The molecule has 1 amide bonds. The lowest BCUT2D eigenvalue weighted by molar-refractivity contribution is 0.0742. The summed E-state index contributed by atoms with van der Waals surface area (Å²) < 4.78 is 1.95. The number of hydrogen-bond donors (Lipinski definition) is 1. The normalized spacial score (nSPS) is 27.5. The van der Waals surface area contributed by atoms with E-state index >= 15 is 0 Å². The number of nitrogens with zero attached hydrogens (tertiary/aromatic N) is 1. The van der Waals surface area contributed by atoms with Gasteiger partial charge in [0, 0.05) is 30.1 Å². The molecular formula is C11H12Br2N2OS. The van der Waals surface area contributed by atoms with Crippen LogP contribution in [0.15, 0.2) is 14.3 Å². The highest BCUT2D eigenvalue weighted by Gasteiger charge is 2.40. The maximum atomic E-state index is 12.4. The Morgan fingerprint density at radius 3 is 3.00 bits per heavy atom. The lowest BCUT2D eigenvalue weighted by atomic mass is 10.1. The molecule has 3 nitrogen and oxygen atoms in total. The molecule has 1 N–H and O–H groups in total. The Labute approximate surface area is 121 Å². The molecule has 0 unspecified atom stereocenters. The second-order valence-electron chi connectivity index (χ2n) is 4.51. The number of carbonyl (C=O) groups is 1. The highest BCUT2D eigenvalue weighted by molar-refractivity contribution is 9.13. The third-order valence-electron chi connectivity index (χ3n) is 3.56. The Kier molecular flexibility index (Phi) is 3.32. The molecule has 0 aliphatic carbocycles. The average molecular weight is 380 g/mol. The maximum Gasteiger partial charge on any atom is 0.264 e. The summed E-state index contributed by atoms with van der Waals surface area (Å²) in [5, 5.41) is 3.37. The summed E-state index contributed by atoms with van der Waals surface area (Å²) in [5.41, 5.74) is 0. The van der Waals surface area contributed by atoms with Gasteiger partial charge in [0.05, 0.1) is 8.66 Å². The smallest absolute Gasteiger partial charge is 0.264 e. The third-order valence-corrected chi connectivity index (χ3v) is 6.81. The van der Waals surface area contributed by atoms with Crippen molar-refractivity contribution in [1.82, 2.24) is 10.2 Å². The molecule has 1 aromatic heterocycles.